The molecular weight excluding hydrogens is 238 g/mol. The van der Waals surface area contributed by atoms with Crippen molar-refractivity contribution < 1.29 is 4.74 Å². The van der Waals surface area contributed by atoms with Gasteiger partial charge in [-0.3, -0.25) is 0 Å². The summed E-state index contributed by atoms with van der Waals surface area (Å²) in [7, 11) is 1.98. The van der Waals surface area contributed by atoms with Gasteiger partial charge in [0.05, 0.1) is 6.10 Å². The molecule has 1 aromatic heterocycles. The summed E-state index contributed by atoms with van der Waals surface area (Å²) in [5, 5.41) is 3.25. The van der Waals surface area contributed by atoms with E-state index in [0.29, 0.717) is 0 Å². The molecule has 1 unspecified atom stereocenters. The molecule has 1 fully saturated rings. The lowest BCUT2D eigenvalue weighted by Gasteiger charge is -2.27. The summed E-state index contributed by atoms with van der Waals surface area (Å²) in [6.45, 7) is 10.0. The second-order valence-electron chi connectivity index (χ2n) is 5.39. The standard InChI is InChI=1S/C15H25N3O/c1-11-8-12(2)17-15(14(11)9-16-4)18-6-5-7-19-13(3)10-18/h8,13,16H,5-7,9-10H2,1-4H3. The average Bonchev–Trinajstić information content (AvgIpc) is 2.57. The summed E-state index contributed by atoms with van der Waals surface area (Å²) < 4.78 is 5.73. The highest BCUT2D eigenvalue weighted by atomic mass is 16.5. The van der Waals surface area contributed by atoms with Crippen LogP contribution in [0.5, 0.6) is 0 Å². The summed E-state index contributed by atoms with van der Waals surface area (Å²) in [5.74, 6) is 1.13. The lowest BCUT2D eigenvalue weighted by atomic mass is 10.1. The van der Waals surface area contributed by atoms with E-state index in [9.17, 15) is 0 Å². The van der Waals surface area contributed by atoms with Crippen LogP contribution in [-0.2, 0) is 11.3 Å². The molecule has 0 aliphatic carbocycles. The number of hydrogen-bond acceptors (Lipinski definition) is 4. The normalized spacial score (nSPS) is 20.4. The molecule has 0 saturated carbocycles. The van der Waals surface area contributed by atoms with Crippen LogP contribution in [0.3, 0.4) is 0 Å². The molecule has 0 radical (unpaired) electrons. The first-order chi connectivity index (χ1) is 9.11. The maximum atomic E-state index is 5.73. The second kappa shape index (κ2) is 6.35. The van der Waals surface area contributed by atoms with Gasteiger partial charge in [-0.15, -0.1) is 0 Å². The third-order valence-corrected chi connectivity index (χ3v) is 3.56. The van der Waals surface area contributed by atoms with Gasteiger partial charge >= 0.3 is 0 Å². The molecule has 1 aliphatic heterocycles. The number of aryl methyl sites for hydroxylation is 2. The number of rotatable bonds is 3. The molecule has 1 saturated heterocycles. The minimum absolute atomic E-state index is 0.271. The van der Waals surface area contributed by atoms with Crippen LogP contribution < -0.4 is 10.2 Å². The third-order valence-electron chi connectivity index (χ3n) is 3.56. The summed E-state index contributed by atoms with van der Waals surface area (Å²) in [6.07, 6.45) is 1.34. The van der Waals surface area contributed by atoms with Gasteiger partial charge < -0.3 is 15.0 Å². The maximum Gasteiger partial charge on any atom is 0.133 e. The average molecular weight is 263 g/mol. The fourth-order valence-electron chi connectivity index (χ4n) is 2.69. The molecular formula is C15H25N3O. The summed E-state index contributed by atoms with van der Waals surface area (Å²) in [6, 6.07) is 2.16. The first kappa shape index (κ1) is 14.3. The topological polar surface area (TPSA) is 37.4 Å². The van der Waals surface area contributed by atoms with E-state index in [2.05, 4.69) is 37.1 Å². The van der Waals surface area contributed by atoms with Crippen molar-refractivity contribution in [2.45, 2.75) is 39.8 Å². The Hall–Kier alpha value is -1.13. The van der Waals surface area contributed by atoms with Gasteiger partial charge in [-0.05, 0) is 45.9 Å². The van der Waals surface area contributed by atoms with E-state index >= 15 is 0 Å². The number of anilines is 1. The van der Waals surface area contributed by atoms with Crippen molar-refractivity contribution >= 4 is 5.82 Å². The Morgan fingerprint density at radius 2 is 2.26 bits per heavy atom. The van der Waals surface area contributed by atoms with Crippen LogP contribution in [0.4, 0.5) is 5.82 Å². The highest BCUT2D eigenvalue weighted by Crippen LogP contribution is 2.24. The van der Waals surface area contributed by atoms with E-state index in [-0.39, 0.29) is 6.10 Å². The van der Waals surface area contributed by atoms with Crippen molar-refractivity contribution in [3.63, 3.8) is 0 Å². The fraction of sp³-hybridized carbons (Fsp3) is 0.667. The quantitative estimate of drug-likeness (QED) is 0.905. The molecule has 1 aromatic rings. The van der Waals surface area contributed by atoms with Crippen molar-refractivity contribution in [1.29, 1.82) is 0 Å². The zero-order valence-electron chi connectivity index (χ0n) is 12.5. The number of ether oxygens (including phenoxy) is 1. The van der Waals surface area contributed by atoms with Crippen LogP contribution >= 0.6 is 0 Å². The lowest BCUT2D eigenvalue weighted by Crippen LogP contribution is -2.32. The minimum atomic E-state index is 0.271. The number of nitrogens with one attached hydrogen (secondary N) is 1. The lowest BCUT2D eigenvalue weighted by molar-refractivity contribution is 0.0820. The van der Waals surface area contributed by atoms with E-state index in [1.54, 1.807) is 0 Å². The SMILES string of the molecule is CNCc1c(C)cc(C)nc1N1CCCOC(C)C1. The van der Waals surface area contributed by atoms with E-state index in [1.165, 1.54) is 11.1 Å². The van der Waals surface area contributed by atoms with E-state index in [1.807, 2.05) is 7.05 Å². The zero-order valence-corrected chi connectivity index (χ0v) is 12.5. The van der Waals surface area contributed by atoms with Crippen LogP contribution in [0.1, 0.15) is 30.2 Å². The van der Waals surface area contributed by atoms with Gasteiger partial charge in [0.2, 0.25) is 0 Å². The van der Waals surface area contributed by atoms with E-state index in [0.717, 1.165) is 44.2 Å². The van der Waals surface area contributed by atoms with Crippen molar-refractivity contribution in [3.05, 3.63) is 22.9 Å². The monoisotopic (exact) mass is 263 g/mol. The molecule has 106 valence electrons. The highest BCUT2D eigenvalue weighted by Gasteiger charge is 2.20. The Bertz CT molecular complexity index is 434. The van der Waals surface area contributed by atoms with Gasteiger partial charge in [0.15, 0.2) is 0 Å². The van der Waals surface area contributed by atoms with Crippen LogP contribution in [0.25, 0.3) is 0 Å². The molecule has 0 aromatic carbocycles. The zero-order chi connectivity index (χ0) is 13.8. The van der Waals surface area contributed by atoms with E-state index < -0.39 is 0 Å². The largest absolute Gasteiger partial charge is 0.377 e. The van der Waals surface area contributed by atoms with Gasteiger partial charge in [-0.2, -0.15) is 0 Å². The smallest absolute Gasteiger partial charge is 0.133 e. The summed E-state index contributed by atoms with van der Waals surface area (Å²) in [4.78, 5) is 7.16. The molecule has 1 atom stereocenters. The van der Waals surface area contributed by atoms with Crippen LogP contribution in [0, 0.1) is 13.8 Å². The van der Waals surface area contributed by atoms with Gasteiger partial charge in [-0.1, -0.05) is 0 Å². The first-order valence-electron chi connectivity index (χ1n) is 7.10. The number of pyridine rings is 1. The predicted octanol–water partition coefficient (Wildman–Crippen LogP) is 2.03. The first-order valence-corrected chi connectivity index (χ1v) is 7.10. The van der Waals surface area contributed by atoms with Gasteiger partial charge in [-0.25, -0.2) is 4.98 Å². The van der Waals surface area contributed by atoms with Crippen molar-refractivity contribution in [2.24, 2.45) is 0 Å². The predicted molar refractivity (Wildman–Crippen MR) is 78.7 cm³/mol. The molecule has 19 heavy (non-hydrogen) atoms. The van der Waals surface area contributed by atoms with Crippen molar-refractivity contribution in [2.75, 3.05) is 31.6 Å². The van der Waals surface area contributed by atoms with Crippen LogP contribution in [-0.4, -0.2) is 37.8 Å². The van der Waals surface area contributed by atoms with Gasteiger partial charge in [0.25, 0.3) is 0 Å². The number of aromatic nitrogens is 1. The maximum absolute atomic E-state index is 5.73. The Labute approximate surface area is 116 Å². The summed E-state index contributed by atoms with van der Waals surface area (Å²) >= 11 is 0. The Balaban J connectivity index is 2.35. The molecule has 1 aliphatic rings. The van der Waals surface area contributed by atoms with Gasteiger partial charge in [0.1, 0.15) is 5.82 Å². The Morgan fingerprint density at radius 1 is 1.47 bits per heavy atom. The van der Waals surface area contributed by atoms with Crippen molar-refractivity contribution in [1.82, 2.24) is 10.3 Å². The molecule has 0 amide bonds. The van der Waals surface area contributed by atoms with Crippen LogP contribution in [0.15, 0.2) is 6.07 Å². The Morgan fingerprint density at radius 3 is 3.00 bits per heavy atom. The third kappa shape index (κ3) is 3.45. The highest BCUT2D eigenvalue weighted by molar-refractivity contribution is 5.52. The fourth-order valence-corrected chi connectivity index (χ4v) is 2.69. The Kier molecular flexibility index (Phi) is 4.77. The number of hydrogen-bond donors (Lipinski definition) is 1. The van der Waals surface area contributed by atoms with Gasteiger partial charge in [0, 0.05) is 37.5 Å². The van der Waals surface area contributed by atoms with Crippen molar-refractivity contribution in [3.8, 4) is 0 Å². The second-order valence-corrected chi connectivity index (χ2v) is 5.39. The molecule has 1 N–H and O–H groups in total. The molecule has 0 bridgehead atoms. The molecule has 4 nitrogen and oxygen atoms in total. The molecule has 4 heteroatoms. The molecule has 0 spiro atoms. The van der Waals surface area contributed by atoms with Crippen LogP contribution in [0.2, 0.25) is 0 Å². The van der Waals surface area contributed by atoms with E-state index in [4.69, 9.17) is 9.72 Å². The molecule has 2 heterocycles. The summed E-state index contributed by atoms with van der Waals surface area (Å²) in [5.41, 5.74) is 3.71. The minimum Gasteiger partial charge on any atom is -0.377 e. The number of nitrogens with zero attached hydrogens (tertiary/aromatic N) is 2. The molecule has 2 rings (SSSR count).